The quantitative estimate of drug-likeness (QED) is 0.802. The number of nitrogens with zero attached hydrogens (tertiary/aromatic N) is 4. The molecule has 3 rings (SSSR count). The molecular formula is C17H23ClN6O2. The molecular weight excluding hydrogens is 356 g/mol. The number of aromatic nitrogens is 4. The highest BCUT2D eigenvalue weighted by Gasteiger charge is 2.37. The first-order valence-corrected chi connectivity index (χ1v) is 9.16. The van der Waals surface area contributed by atoms with E-state index >= 15 is 0 Å². The number of tetrazole rings is 1. The van der Waals surface area contributed by atoms with E-state index in [1.165, 1.54) is 6.42 Å². The second-order valence-electron chi connectivity index (χ2n) is 6.39. The number of carbonyl (C=O) groups excluding carboxylic acids is 1. The summed E-state index contributed by atoms with van der Waals surface area (Å²) in [6.07, 6.45) is 5.01. The first-order valence-electron chi connectivity index (χ1n) is 8.78. The summed E-state index contributed by atoms with van der Waals surface area (Å²) < 4.78 is 6.96. The third kappa shape index (κ3) is 4.31. The van der Waals surface area contributed by atoms with Crippen LogP contribution in [0.4, 0.5) is 10.5 Å². The van der Waals surface area contributed by atoms with E-state index in [0.717, 1.165) is 31.5 Å². The van der Waals surface area contributed by atoms with Crippen LogP contribution in [0.15, 0.2) is 24.3 Å². The van der Waals surface area contributed by atoms with Crippen molar-refractivity contribution in [1.29, 1.82) is 0 Å². The van der Waals surface area contributed by atoms with Gasteiger partial charge in [-0.15, -0.1) is 5.10 Å². The van der Waals surface area contributed by atoms with E-state index in [1.807, 2.05) is 7.05 Å². The Hall–Kier alpha value is -2.19. The number of rotatable bonds is 6. The monoisotopic (exact) mass is 378 g/mol. The molecule has 2 aromatic rings. The van der Waals surface area contributed by atoms with E-state index in [2.05, 4.69) is 26.2 Å². The average molecular weight is 379 g/mol. The van der Waals surface area contributed by atoms with Crippen molar-refractivity contribution in [1.82, 2.24) is 25.5 Å². The molecule has 0 aliphatic heterocycles. The lowest BCUT2D eigenvalue weighted by Crippen LogP contribution is -2.44. The van der Waals surface area contributed by atoms with Gasteiger partial charge in [-0.05, 0) is 54.6 Å². The minimum atomic E-state index is -0.525. The van der Waals surface area contributed by atoms with Crippen LogP contribution < -0.4 is 10.6 Å². The summed E-state index contributed by atoms with van der Waals surface area (Å²) in [6.45, 7) is 0.580. The molecule has 0 atom stereocenters. The molecule has 2 N–H and O–H groups in total. The fourth-order valence-electron chi connectivity index (χ4n) is 3.35. The van der Waals surface area contributed by atoms with Crippen LogP contribution in [0.3, 0.4) is 0 Å². The van der Waals surface area contributed by atoms with Crippen molar-refractivity contribution in [2.45, 2.75) is 44.2 Å². The molecule has 140 valence electrons. The van der Waals surface area contributed by atoms with Crippen LogP contribution in [0.2, 0.25) is 5.02 Å². The first kappa shape index (κ1) is 18.6. The van der Waals surface area contributed by atoms with E-state index < -0.39 is 6.09 Å². The molecule has 0 radical (unpaired) electrons. The van der Waals surface area contributed by atoms with E-state index in [0.29, 0.717) is 17.3 Å². The molecule has 26 heavy (non-hydrogen) atoms. The second-order valence-corrected chi connectivity index (χ2v) is 6.82. The van der Waals surface area contributed by atoms with Crippen molar-refractivity contribution < 1.29 is 9.53 Å². The van der Waals surface area contributed by atoms with Crippen LogP contribution >= 0.6 is 11.6 Å². The average Bonchev–Trinajstić information content (AvgIpc) is 3.13. The summed E-state index contributed by atoms with van der Waals surface area (Å²) in [7, 11) is 1.94. The predicted molar refractivity (Wildman–Crippen MR) is 98.1 cm³/mol. The summed E-state index contributed by atoms with van der Waals surface area (Å²) in [5.74, 6) is 0.807. The highest BCUT2D eigenvalue weighted by atomic mass is 35.5. The van der Waals surface area contributed by atoms with Crippen LogP contribution in [0.1, 0.15) is 37.9 Å². The van der Waals surface area contributed by atoms with Gasteiger partial charge in [0.15, 0.2) is 5.82 Å². The zero-order chi connectivity index (χ0) is 18.4. The fourth-order valence-corrected chi connectivity index (χ4v) is 3.48. The molecule has 1 amide bonds. The molecule has 8 nitrogen and oxygen atoms in total. The van der Waals surface area contributed by atoms with Gasteiger partial charge in [-0.2, -0.15) is 0 Å². The minimum absolute atomic E-state index is 0.178. The van der Waals surface area contributed by atoms with Gasteiger partial charge in [0.25, 0.3) is 0 Å². The lowest BCUT2D eigenvalue weighted by atomic mass is 9.81. The molecule has 9 heteroatoms. The SMILES string of the molecule is CNC1(c2nnnn2CCOC(=O)Nc2ccc(Cl)cc2)CCCCC1. The predicted octanol–water partition coefficient (Wildman–Crippen LogP) is 2.95. The number of benzene rings is 1. The van der Waals surface area contributed by atoms with Gasteiger partial charge < -0.3 is 10.1 Å². The molecule has 0 saturated heterocycles. The number of ether oxygens (including phenoxy) is 1. The van der Waals surface area contributed by atoms with Gasteiger partial charge in [0.2, 0.25) is 0 Å². The Balaban J connectivity index is 1.55. The van der Waals surface area contributed by atoms with Crippen molar-refractivity contribution in [3.8, 4) is 0 Å². The number of hydrogen-bond donors (Lipinski definition) is 2. The van der Waals surface area contributed by atoms with Crippen LogP contribution in [0.25, 0.3) is 0 Å². The Labute approximate surface area is 157 Å². The van der Waals surface area contributed by atoms with Gasteiger partial charge in [0, 0.05) is 10.7 Å². The normalized spacial score (nSPS) is 16.2. The number of amides is 1. The Morgan fingerprint density at radius 2 is 2.00 bits per heavy atom. The van der Waals surface area contributed by atoms with Crippen LogP contribution in [0, 0.1) is 0 Å². The molecule has 1 heterocycles. The number of nitrogens with one attached hydrogen (secondary N) is 2. The van der Waals surface area contributed by atoms with Crippen LogP contribution in [-0.4, -0.2) is 40.0 Å². The summed E-state index contributed by atoms with van der Waals surface area (Å²) >= 11 is 5.82. The van der Waals surface area contributed by atoms with Gasteiger partial charge in [-0.3, -0.25) is 5.32 Å². The Morgan fingerprint density at radius 1 is 1.27 bits per heavy atom. The lowest BCUT2D eigenvalue weighted by molar-refractivity contribution is 0.152. The molecule has 1 aliphatic rings. The number of carbonyl (C=O) groups is 1. The molecule has 1 aromatic heterocycles. The number of hydrogen-bond acceptors (Lipinski definition) is 6. The topological polar surface area (TPSA) is 94.0 Å². The summed E-state index contributed by atoms with van der Waals surface area (Å²) in [5, 5.41) is 18.8. The largest absolute Gasteiger partial charge is 0.447 e. The van der Waals surface area contributed by atoms with Crippen LogP contribution in [0.5, 0.6) is 0 Å². The maximum atomic E-state index is 11.9. The zero-order valence-electron chi connectivity index (χ0n) is 14.7. The van der Waals surface area contributed by atoms with Crippen molar-refractivity contribution in [2.75, 3.05) is 19.0 Å². The summed E-state index contributed by atoms with van der Waals surface area (Å²) in [4.78, 5) is 11.9. The van der Waals surface area contributed by atoms with Gasteiger partial charge in [-0.1, -0.05) is 30.9 Å². The van der Waals surface area contributed by atoms with Gasteiger partial charge in [-0.25, -0.2) is 9.48 Å². The maximum Gasteiger partial charge on any atom is 0.411 e. The molecule has 0 bridgehead atoms. The highest BCUT2D eigenvalue weighted by Crippen LogP contribution is 2.35. The Morgan fingerprint density at radius 3 is 2.69 bits per heavy atom. The second kappa shape index (κ2) is 8.46. The third-order valence-electron chi connectivity index (χ3n) is 4.77. The highest BCUT2D eigenvalue weighted by molar-refractivity contribution is 6.30. The summed E-state index contributed by atoms with van der Waals surface area (Å²) in [5.41, 5.74) is 0.423. The number of anilines is 1. The molecule has 0 spiro atoms. The van der Waals surface area contributed by atoms with Gasteiger partial charge >= 0.3 is 6.09 Å². The van der Waals surface area contributed by atoms with Crippen molar-refractivity contribution >= 4 is 23.4 Å². The zero-order valence-corrected chi connectivity index (χ0v) is 15.5. The molecule has 1 fully saturated rings. The van der Waals surface area contributed by atoms with E-state index in [1.54, 1.807) is 28.9 Å². The molecule has 1 aromatic carbocycles. The molecule has 1 saturated carbocycles. The van der Waals surface area contributed by atoms with Crippen molar-refractivity contribution in [3.05, 3.63) is 35.1 Å². The fraction of sp³-hybridized carbons (Fsp3) is 0.529. The smallest absolute Gasteiger partial charge is 0.411 e. The van der Waals surface area contributed by atoms with Crippen molar-refractivity contribution in [2.24, 2.45) is 0 Å². The number of halogens is 1. The summed E-state index contributed by atoms with van der Waals surface area (Å²) in [6, 6.07) is 6.82. The van der Waals surface area contributed by atoms with E-state index in [9.17, 15) is 4.79 Å². The van der Waals surface area contributed by atoms with E-state index in [-0.39, 0.29) is 12.1 Å². The minimum Gasteiger partial charge on any atom is -0.447 e. The van der Waals surface area contributed by atoms with Gasteiger partial charge in [0.05, 0.1) is 12.1 Å². The maximum absolute atomic E-state index is 11.9. The van der Waals surface area contributed by atoms with Crippen molar-refractivity contribution in [3.63, 3.8) is 0 Å². The Kier molecular flexibility index (Phi) is 6.05. The molecule has 0 unspecified atom stereocenters. The molecule has 1 aliphatic carbocycles. The lowest BCUT2D eigenvalue weighted by Gasteiger charge is -2.35. The van der Waals surface area contributed by atoms with E-state index in [4.69, 9.17) is 16.3 Å². The standard InChI is InChI=1S/C17H23ClN6O2/c1-19-17(9-3-2-4-10-17)15-21-22-23-24(15)11-12-26-16(25)20-14-7-5-13(18)6-8-14/h5-8,19H,2-4,9-12H2,1H3,(H,20,25). The van der Waals surface area contributed by atoms with Gasteiger partial charge in [0.1, 0.15) is 6.61 Å². The Bertz CT molecular complexity index is 727. The first-order chi connectivity index (χ1) is 12.6. The third-order valence-corrected chi connectivity index (χ3v) is 5.02. The van der Waals surface area contributed by atoms with Crippen LogP contribution in [-0.2, 0) is 16.8 Å².